The third kappa shape index (κ3) is 3.13. The van der Waals surface area contributed by atoms with E-state index in [9.17, 15) is 8.42 Å². The lowest BCUT2D eigenvalue weighted by molar-refractivity contribution is 0.234. The molecule has 5 nitrogen and oxygen atoms in total. The SMILES string of the molecule is CS(=O)(=O)O[C@@H]1CCN(c2nc3ccc(Br)cc3s2)C1. The van der Waals surface area contributed by atoms with Crippen LogP contribution in [-0.2, 0) is 14.3 Å². The molecule has 8 heteroatoms. The van der Waals surface area contributed by atoms with Gasteiger partial charge in [0.2, 0.25) is 0 Å². The Labute approximate surface area is 129 Å². The van der Waals surface area contributed by atoms with Crippen LogP contribution in [0.5, 0.6) is 0 Å². The zero-order chi connectivity index (χ0) is 14.3. The lowest BCUT2D eigenvalue weighted by Crippen LogP contribution is -2.24. The second-order valence-corrected chi connectivity index (χ2v) is 8.29. The Morgan fingerprint density at radius 3 is 3.05 bits per heavy atom. The average molecular weight is 377 g/mol. The first-order valence-corrected chi connectivity index (χ1v) is 9.52. The molecule has 0 unspecified atom stereocenters. The molecule has 0 N–H and O–H groups in total. The van der Waals surface area contributed by atoms with Gasteiger partial charge in [-0.2, -0.15) is 8.42 Å². The maximum absolute atomic E-state index is 11.1. The fraction of sp³-hybridized carbons (Fsp3) is 0.417. The van der Waals surface area contributed by atoms with E-state index >= 15 is 0 Å². The van der Waals surface area contributed by atoms with Gasteiger partial charge in [-0.05, 0) is 24.6 Å². The predicted molar refractivity (Wildman–Crippen MR) is 83.9 cm³/mol. The molecule has 2 heterocycles. The Hall–Kier alpha value is -0.700. The van der Waals surface area contributed by atoms with Gasteiger partial charge in [0.05, 0.1) is 22.6 Å². The largest absolute Gasteiger partial charge is 0.345 e. The van der Waals surface area contributed by atoms with Crippen molar-refractivity contribution in [2.24, 2.45) is 0 Å². The number of hydrogen-bond acceptors (Lipinski definition) is 6. The zero-order valence-electron chi connectivity index (χ0n) is 10.7. The summed E-state index contributed by atoms with van der Waals surface area (Å²) in [6.07, 6.45) is 1.51. The van der Waals surface area contributed by atoms with E-state index in [1.54, 1.807) is 11.3 Å². The van der Waals surface area contributed by atoms with Crippen molar-refractivity contribution in [3.05, 3.63) is 22.7 Å². The van der Waals surface area contributed by atoms with Crippen molar-refractivity contribution < 1.29 is 12.6 Å². The molecule has 108 valence electrons. The molecule has 1 aromatic heterocycles. The third-order valence-corrected chi connectivity index (χ3v) is 5.26. The molecular weight excluding hydrogens is 364 g/mol. The van der Waals surface area contributed by atoms with Crippen molar-refractivity contribution in [1.82, 2.24) is 4.98 Å². The van der Waals surface area contributed by atoms with Crippen molar-refractivity contribution in [3.8, 4) is 0 Å². The van der Waals surface area contributed by atoms with Gasteiger partial charge in [-0.15, -0.1) is 0 Å². The van der Waals surface area contributed by atoms with E-state index in [4.69, 9.17) is 4.18 Å². The van der Waals surface area contributed by atoms with E-state index in [-0.39, 0.29) is 6.10 Å². The van der Waals surface area contributed by atoms with Crippen molar-refractivity contribution in [2.45, 2.75) is 12.5 Å². The first-order chi connectivity index (χ1) is 9.40. The van der Waals surface area contributed by atoms with Gasteiger partial charge in [-0.3, -0.25) is 4.18 Å². The van der Waals surface area contributed by atoms with Gasteiger partial charge < -0.3 is 4.90 Å². The second kappa shape index (κ2) is 5.25. The smallest absolute Gasteiger partial charge is 0.264 e. The Balaban J connectivity index is 1.79. The summed E-state index contributed by atoms with van der Waals surface area (Å²) in [6.45, 7) is 1.33. The molecule has 1 fully saturated rings. The Kier molecular flexibility index (Phi) is 3.74. The lowest BCUT2D eigenvalue weighted by atomic mass is 10.3. The topological polar surface area (TPSA) is 59.5 Å². The Bertz CT molecular complexity index is 744. The fourth-order valence-electron chi connectivity index (χ4n) is 2.25. The van der Waals surface area contributed by atoms with Crippen LogP contribution in [0.25, 0.3) is 10.2 Å². The molecule has 3 rings (SSSR count). The van der Waals surface area contributed by atoms with Crippen molar-refractivity contribution in [3.63, 3.8) is 0 Å². The van der Waals surface area contributed by atoms with Crippen molar-refractivity contribution in [2.75, 3.05) is 24.2 Å². The monoisotopic (exact) mass is 376 g/mol. The molecule has 0 spiro atoms. The molecule has 0 aliphatic carbocycles. The predicted octanol–water partition coefficient (Wildman–Crippen LogP) is 2.61. The summed E-state index contributed by atoms with van der Waals surface area (Å²) in [4.78, 5) is 6.66. The summed E-state index contributed by atoms with van der Waals surface area (Å²) in [6, 6.07) is 5.97. The highest BCUT2D eigenvalue weighted by Crippen LogP contribution is 2.32. The number of anilines is 1. The van der Waals surface area contributed by atoms with Crippen LogP contribution in [0.1, 0.15) is 6.42 Å². The highest BCUT2D eigenvalue weighted by molar-refractivity contribution is 9.10. The van der Waals surface area contributed by atoms with Gasteiger partial charge in [-0.1, -0.05) is 27.3 Å². The summed E-state index contributed by atoms with van der Waals surface area (Å²) < 4.78 is 29.5. The quantitative estimate of drug-likeness (QED) is 0.770. The van der Waals surface area contributed by atoms with Gasteiger partial charge in [0.1, 0.15) is 0 Å². The van der Waals surface area contributed by atoms with E-state index in [1.807, 2.05) is 18.2 Å². The number of nitrogens with zero attached hydrogens (tertiary/aromatic N) is 2. The first kappa shape index (κ1) is 14.2. The van der Waals surface area contributed by atoms with Gasteiger partial charge in [0, 0.05) is 17.6 Å². The second-order valence-electron chi connectivity index (χ2n) is 4.77. The molecule has 1 aliphatic rings. The van der Waals surface area contributed by atoms with Crippen molar-refractivity contribution in [1.29, 1.82) is 0 Å². The summed E-state index contributed by atoms with van der Waals surface area (Å²) in [5.74, 6) is 0. The van der Waals surface area contributed by atoms with Crippen LogP contribution in [0.2, 0.25) is 0 Å². The molecular formula is C12H13BrN2O3S2. The molecule has 1 aliphatic heterocycles. The number of benzene rings is 1. The number of fused-ring (bicyclic) bond motifs is 1. The van der Waals surface area contributed by atoms with E-state index < -0.39 is 10.1 Å². The van der Waals surface area contributed by atoms with Crippen LogP contribution in [0.3, 0.4) is 0 Å². The Morgan fingerprint density at radius 2 is 2.30 bits per heavy atom. The van der Waals surface area contributed by atoms with Crippen LogP contribution in [0.4, 0.5) is 5.13 Å². The van der Waals surface area contributed by atoms with Crippen LogP contribution < -0.4 is 4.90 Å². The lowest BCUT2D eigenvalue weighted by Gasteiger charge is -2.14. The average Bonchev–Trinajstić information content (AvgIpc) is 2.92. The highest BCUT2D eigenvalue weighted by atomic mass is 79.9. The molecule has 0 amide bonds. The Morgan fingerprint density at radius 1 is 1.50 bits per heavy atom. The number of aromatic nitrogens is 1. The van der Waals surface area contributed by atoms with Crippen LogP contribution in [-0.4, -0.2) is 38.9 Å². The molecule has 0 saturated carbocycles. The molecule has 1 saturated heterocycles. The highest BCUT2D eigenvalue weighted by Gasteiger charge is 2.28. The molecule has 20 heavy (non-hydrogen) atoms. The minimum absolute atomic E-state index is 0.274. The third-order valence-electron chi connectivity index (χ3n) is 3.07. The molecule has 0 bridgehead atoms. The number of hydrogen-bond donors (Lipinski definition) is 0. The maximum atomic E-state index is 11.1. The molecule has 2 aromatic rings. The first-order valence-electron chi connectivity index (χ1n) is 6.10. The van der Waals surface area contributed by atoms with Gasteiger partial charge in [0.25, 0.3) is 10.1 Å². The maximum Gasteiger partial charge on any atom is 0.264 e. The number of rotatable bonds is 3. The van der Waals surface area contributed by atoms with E-state index in [2.05, 4.69) is 25.8 Å². The van der Waals surface area contributed by atoms with E-state index in [1.165, 1.54) is 0 Å². The van der Waals surface area contributed by atoms with Crippen LogP contribution >= 0.6 is 27.3 Å². The fourth-order valence-corrected chi connectivity index (χ4v) is 4.45. The van der Waals surface area contributed by atoms with Crippen molar-refractivity contribution >= 4 is 52.7 Å². The van der Waals surface area contributed by atoms with Crippen LogP contribution in [0, 0.1) is 0 Å². The molecule has 1 aromatic carbocycles. The minimum Gasteiger partial charge on any atom is -0.345 e. The standard InChI is InChI=1S/C12H13BrN2O3S2/c1-20(16,17)18-9-4-5-15(7-9)12-14-10-3-2-8(13)6-11(10)19-12/h2-3,6,9H,4-5,7H2,1H3/t9-/m1/s1. The molecule has 0 radical (unpaired) electrons. The summed E-state index contributed by atoms with van der Waals surface area (Å²) in [5.41, 5.74) is 0.959. The van der Waals surface area contributed by atoms with E-state index in [0.717, 1.165) is 32.6 Å². The summed E-state index contributed by atoms with van der Waals surface area (Å²) in [7, 11) is -3.39. The van der Waals surface area contributed by atoms with E-state index in [0.29, 0.717) is 13.0 Å². The molecule has 1 atom stereocenters. The van der Waals surface area contributed by atoms with Gasteiger partial charge >= 0.3 is 0 Å². The summed E-state index contributed by atoms with van der Waals surface area (Å²) in [5, 5.41) is 0.915. The van der Waals surface area contributed by atoms with Gasteiger partial charge in [0.15, 0.2) is 5.13 Å². The van der Waals surface area contributed by atoms with Crippen LogP contribution in [0.15, 0.2) is 22.7 Å². The minimum atomic E-state index is -3.39. The zero-order valence-corrected chi connectivity index (χ0v) is 14.0. The number of thiazole rings is 1. The summed E-state index contributed by atoms with van der Waals surface area (Å²) >= 11 is 5.05. The number of halogens is 1. The normalized spacial score (nSPS) is 19.9. The van der Waals surface area contributed by atoms with Gasteiger partial charge in [-0.25, -0.2) is 4.98 Å².